The molecule has 1 atom stereocenters. The minimum absolute atomic E-state index is 0.167. The number of benzene rings is 2. The zero-order chi connectivity index (χ0) is 17.6. The number of phenols is 1. The van der Waals surface area contributed by atoms with Crippen molar-refractivity contribution >= 4 is 17.3 Å². The van der Waals surface area contributed by atoms with Crippen molar-refractivity contribution in [2.45, 2.75) is 6.42 Å². The van der Waals surface area contributed by atoms with Gasteiger partial charge in [-0.2, -0.15) is 5.11 Å². The van der Waals surface area contributed by atoms with Gasteiger partial charge in [-0.15, -0.1) is 5.11 Å². The highest BCUT2D eigenvalue weighted by molar-refractivity contribution is 5.94. The van der Waals surface area contributed by atoms with E-state index < -0.39 is 0 Å². The minimum atomic E-state index is -0.380. The molecule has 6 nitrogen and oxygen atoms in total. The lowest BCUT2D eigenvalue weighted by Gasteiger charge is -2.11. The average molecular weight is 339 g/mol. The van der Waals surface area contributed by atoms with E-state index in [1.54, 1.807) is 36.4 Å². The fourth-order valence-corrected chi connectivity index (χ4v) is 2.80. The van der Waals surface area contributed by atoms with Gasteiger partial charge >= 0.3 is 5.97 Å². The monoisotopic (exact) mass is 339 g/mol. The van der Waals surface area contributed by atoms with Crippen molar-refractivity contribution in [3.8, 4) is 5.75 Å². The number of hydrogen-bond donors (Lipinski definition) is 1. The topological polar surface area (TPSA) is 74.5 Å². The Balaban J connectivity index is 1.67. The summed E-state index contributed by atoms with van der Waals surface area (Å²) < 4.78 is 5.47. The molecule has 1 heterocycles. The maximum atomic E-state index is 12.4. The molecule has 0 saturated carbocycles. The van der Waals surface area contributed by atoms with Crippen LogP contribution in [0.1, 0.15) is 16.8 Å². The first-order valence-electron chi connectivity index (χ1n) is 8.27. The average Bonchev–Trinajstić information content (AvgIpc) is 3.05. The number of azo groups is 1. The number of carbonyl (C=O) groups is 1. The number of nitrogens with zero attached hydrogens (tertiary/aromatic N) is 3. The van der Waals surface area contributed by atoms with E-state index in [2.05, 4.69) is 22.2 Å². The van der Waals surface area contributed by atoms with E-state index in [-0.39, 0.29) is 11.7 Å². The van der Waals surface area contributed by atoms with Gasteiger partial charge in [-0.25, -0.2) is 4.79 Å². The van der Waals surface area contributed by atoms with Gasteiger partial charge in [-0.3, -0.25) is 0 Å². The van der Waals surface area contributed by atoms with Gasteiger partial charge in [0.05, 0.1) is 17.9 Å². The molecule has 0 aliphatic carbocycles. The molecule has 0 amide bonds. The van der Waals surface area contributed by atoms with Crippen LogP contribution in [-0.2, 0) is 4.74 Å². The number of esters is 1. The van der Waals surface area contributed by atoms with Crippen LogP contribution >= 0.6 is 0 Å². The molecule has 1 aliphatic heterocycles. The van der Waals surface area contributed by atoms with E-state index in [4.69, 9.17) is 4.74 Å². The predicted octanol–water partition coefficient (Wildman–Crippen LogP) is 3.92. The third-order valence-electron chi connectivity index (χ3n) is 4.19. The third-order valence-corrected chi connectivity index (χ3v) is 4.19. The Morgan fingerprint density at radius 2 is 1.96 bits per heavy atom. The van der Waals surface area contributed by atoms with Crippen molar-refractivity contribution in [1.29, 1.82) is 0 Å². The minimum Gasteiger partial charge on any atom is -0.508 e. The van der Waals surface area contributed by atoms with Crippen LogP contribution in [0, 0.1) is 5.92 Å². The number of carbonyl (C=O) groups excluding carboxylic acids is 1. The van der Waals surface area contributed by atoms with Gasteiger partial charge in [0.1, 0.15) is 11.4 Å². The second kappa shape index (κ2) is 7.90. The van der Waals surface area contributed by atoms with E-state index in [0.29, 0.717) is 29.5 Å². The van der Waals surface area contributed by atoms with E-state index >= 15 is 0 Å². The highest BCUT2D eigenvalue weighted by atomic mass is 16.5. The molecule has 0 radical (unpaired) electrons. The summed E-state index contributed by atoms with van der Waals surface area (Å²) in [7, 11) is 2.07. The number of likely N-dealkylation sites (tertiary alicyclic amines) is 1. The Labute approximate surface area is 146 Å². The molecule has 130 valence electrons. The Bertz CT molecular complexity index is 759. The number of aromatic hydroxyl groups is 1. The van der Waals surface area contributed by atoms with Gasteiger partial charge in [0.25, 0.3) is 0 Å². The lowest BCUT2D eigenvalue weighted by molar-refractivity contribution is 0.0446. The van der Waals surface area contributed by atoms with Crippen molar-refractivity contribution < 1.29 is 14.6 Å². The molecule has 1 N–H and O–H groups in total. The molecular weight excluding hydrogens is 318 g/mol. The van der Waals surface area contributed by atoms with Crippen LogP contribution in [0.4, 0.5) is 11.4 Å². The first-order chi connectivity index (χ1) is 12.1. The normalized spacial score (nSPS) is 17.9. The summed E-state index contributed by atoms with van der Waals surface area (Å²) >= 11 is 0. The lowest BCUT2D eigenvalue weighted by atomic mass is 10.1. The summed E-state index contributed by atoms with van der Waals surface area (Å²) in [6.45, 7) is 2.42. The summed E-state index contributed by atoms with van der Waals surface area (Å²) in [6, 6.07) is 13.4. The molecule has 2 aromatic carbocycles. The van der Waals surface area contributed by atoms with E-state index in [1.165, 1.54) is 12.1 Å². The second-order valence-electron chi connectivity index (χ2n) is 6.25. The first kappa shape index (κ1) is 17.1. The zero-order valence-electron chi connectivity index (χ0n) is 14.1. The van der Waals surface area contributed by atoms with Crippen LogP contribution in [0.15, 0.2) is 58.8 Å². The number of ether oxygens (including phenoxy) is 1. The standard InChI is InChI=1S/C19H21N3O3/c1-22-11-10-14(12-22)13-25-19(24)17-4-2-3-5-18(17)21-20-15-6-8-16(23)9-7-15/h2-9,14,23H,10-13H2,1H3. The van der Waals surface area contributed by atoms with Crippen LogP contribution in [0.2, 0.25) is 0 Å². The highest BCUT2D eigenvalue weighted by Crippen LogP contribution is 2.24. The van der Waals surface area contributed by atoms with Crippen LogP contribution in [0.3, 0.4) is 0 Å². The van der Waals surface area contributed by atoms with Gasteiger partial charge in [-0.05, 0) is 56.4 Å². The van der Waals surface area contributed by atoms with E-state index in [9.17, 15) is 9.90 Å². The molecule has 0 aromatic heterocycles. The van der Waals surface area contributed by atoms with E-state index in [0.717, 1.165) is 19.5 Å². The Hall–Kier alpha value is -2.73. The second-order valence-corrected chi connectivity index (χ2v) is 6.25. The summed E-state index contributed by atoms with van der Waals surface area (Å²) in [5, 5.41) is 17.5. The molecule has 3 rings (SSSR count). The molecule has 25 heavy (non-hydrogen) atoms. The quantitative estimate of drug-likeness (QED) is 0.662. The van der Waals surface area contributed by atoms with E-state index in [1.807, 2.05) is 0 Å². The first-order valence-corrected chi connectivity index (χ1v) is 8.27. The molecule has 1 saturated heterocycles. The summed E-state index contributed by atoms with van der Waals surface area (Å²) in [4.78, 5) is 14.6. The number of rotatable bonds is 5. The van der Waals surface area contributed by atoms with Crippen molar-refractivity contribution in [3.63, 3.8) is 0 Å². The van der Waals surface area contributed by atoms with Crippen molar-refractivity contribution in [2.24, 2.45) is 16.1 Å². The Morgan fingerprint density at radius 1 is 1.20 bits per heavy atom. The van der Waals surface area contributed by atoms with Gasteiger partial charge in [0.2, 0.25) is 0 Å². The molecule has 6 heteroatoms. The Morgan fingerprint density at radius 3 is 2.68 bits per heavy atom. The molecule has 1 unspecified atom stereocenters. The molecule has 2 aromatic rings. The number of phenolic OH excluding ortho intramolecular Hbond substituents is 1. The van der Waals surface area contributed by atoms with Crippen molar-refractivity contribution in [3.05, 3.63) is 54.1 Å². The van der Waals surface area contributed by atoms with Gasteiger partial charge in [0.15, 0.2) is 0 Å². The fourth-order valence-electron chi connectivity index (χ4n) is 2.80. The number of hydrogen-bond acceptors (Lipinski definition) is 6. The molecule has 0 bridgehead atoms. The van der Waals surface area contributed by atoms with Crippen molar-refractivity contribution in [2.75, 3.05) is 26.7 Å². The molecule has 1 fully saturated rings. The van der Waals surface area contributed by atoms with Crippen LogP contribution < -0.4 is 0 Å². The van der Waals surface area contributed by atoms with Gasteiger partial charge in [0, 0.05) is 12.5 Å². The van der Waals surface area contributed by atoms with Gasteiger partial charge in [-0.1, -0.05) is 12.1 Å². The summed E-state index contributed by atoms with van der Waals surface area (Å²) in [5.74, 6) is 0.176. The Kier molecular flexibility index (Phi) is 5.40. The molecule has 0 spiro atoms. The summed E-state index contributed by atoms with van der Waals surface area (Å²) in [6.07, 6.45) is 1.05. The summed E-state index contributed by atoms with van der Waals surface area (Å²) in [5.41, 5.74) is 1.45. The van der Waals surface area contributed by atoms with Crippen LogP contribution in [0.5, 0.6) is 5.75 Å². The SMILES string of the molecule is CN1CCC(COC(=O)c2ccccc2N=Nc2ccc(O)cc2)C1. The predicted molar refractivity (Wildman–Crippen MR) is 94.6 cm³/mol. The highest BCUT2D eigenvalue weighted by Gasteiger charge is 2.22. The smallest absolute Gasteiger partial charge is 0.340 e. The van der Waals surface area contributed by atoms with Crippen molar-refractivity contribution in [1.82, 2.24) is 4.90 Å². The molecule has 1 aliphatic rings. The molecular formula is C19H21N3O3. The zero-order valence-corrected chi connectivity index (χ0v) is 14.1. The third kappa shape index (κ3) is 4.64. The largest absolute Gasteiger partial charge is 0.508 e. The van der Waals surface area contributed by atoms with Crippen LogP contribution in [0.25, 0.3) is 0 Å². The van der Waals surface area contributed by atoms with Crippen LogP contribution in [-0.4, -0.2) is 42.7 Å². The maximum Gasteiger partial charge on any atom is 0.340 e. The fraction of sp³-hybridized carbons (Fsp3) is 0.316. The van der Waals surface area contributed by atoms with Gasteiger partial charge < -0.3 is 14.7 Å². The maximum absolute atomic E-state index is 12.4. The lowest BCUT2D eigenvalue weighted by Crippen LogP contribution is -2.18.